The zero-order valence-corrected chi connectivity index (χ0v) is 18.5. The Morgan fingerprint density at radius 2 is 1.83 bits per heavy atom. The Morgan fingerprint density at radius 3 is 2.55 bits per heavy atom. The summed E-state index contributed by atoms with van der Waals surface area (Å²) in [5, 5.41) is 0. The standard InChI is InChI=1S/C23H34N2O3S/c1-3-5-7-16-29(26,27)24-20-11-13-21(14-12-20)28-23-10-8-9-19-17-25(15-6-4-2)18-22(19)23/h8-14,19,22,24H,3-7,15-18H2,1-2H3. The number of nitrogens with one attached hydrogen (secondary N) is 1. The van der Waals surface area contributed by atoms with Crippen LogP contribution in [0.15, 0.2) is 48.3 Å². The lowest BCUT2D eigenvalue weighted by molar-refractivity contribution is 0.299. The van der Waals surface area contributed by atoms with Crippen molar-refractivity contribution in [1.29, 1.82) is 0 Å². The maximum Gasteiger partial charge on any atom is 0.232 e. The summed E-state index contributed by atoms with van der Waals surface area (Å²) in [6.45, 7) is 7.58. The van der Waals surface area contributed by atoms with Crippen molar-refractivity contribution in [3.8, 4) is 5.75 Å². The van der Waals surface area contributed by atoms with E-state index in [1.54, 1.807) is 12.1 Å². The molecule has 1 heterocycles. The minimum absolute atomic E-state index is 0.163. The van der Waals surface area contributed by atoms with Crippen LogP contribution in [0.4, 0.5) is 5.69 Å². The highest BCUT2D eigenvalue weighted by Gasteiger charge is 2.35. The van der Waals surface area contributed by atoms with Gasteiger partial charge in [0, 0.05) is 30.6 Å². The number of allylic oxidation sites excluding steroid dienone is 2. The van der Waals surface area contributed by atoms with E-state index < -0.39 is 10.0 Å². The van der Waals surface area contributed by atoms with E-state index in [2.05, 4.69) is 41.7 Å². The molecule has 29 heavy (non-hydrogen) atoms. The number of ether oxygens (including phenoxy) is 1. The topological polar surface area (TPSA) is 58.6 Å². The number of sulfonamides is 1. The summed E-state index contributed by atoms with van der Waals surface area (Å²) in [5.74, 6) is 2.82. The summed E-state index contributed by atoms with van der Waals surface area (Å²) in [4.78, 5) is 2.53. The number of fused-ring (bicyclic) bond motifs is 1. The smallest absolute Gasteiger partial charge is 0.232 e. The fourth-order valence-corrected chi connectivity index (χ4v) is 5.18. The minimum Gasteiger partial charge on any atom is -0.461 e. The average Bonchev–Trinajstić information content (AvgIpc) is 3.12. The van der Waals surface area contributed by atoms with Gasteiger partial charge in [-0.05, 0) is 49.7 Å². The predicted molar refractivity (Wildman–Crippen MR) is 120 cm³/mol. The summed E-state index contributed by atoms with van der Waals surface area (Å²) >= 11 is 0. The number of benzene rings is 1. The third-order valence-electron chi connectivity index (χ3n) is 5.63. The normalized spacial score (nSPS) is 21.7. The van der Waals surface area contributed by atoms with E-state index in [0.717, 1.165) is 44.0 Å². The number of hydrogen-bond donors (Lipinski definition) is 1. The van der Waals surface area contributed by atoms with E-state index >= 15 is 0 Å². The molecule has 2 aliphatic rings. The third-order valence-corrected chi connectivity index (χ3v) is 7.01. The molecule has 1 aliphatic carbocycles. The molecule has 0 bridgehead atoms. The molecule has 0 radical (unpaired) electrons. The highest BCUT2D eigenvalue weighted by Crippen LogP contribution is 2.35. The monoisotopic (exact) mass is 418 g/mol. The van der Waals surface area contributed by atoms with E-state index in [4.69, 9.17) is 4.74 Å². The zero-order chi connectivity index (χ0) is 20.7. The molecule has 6 heteroatoms. The van der Waals surface area contributed by atoms with Crippen molar-refractivity contribution in [3.05, 3.63) is 48.3 Å². The summed E-state index contributed by atoms with van der Waals surface area (Å²) in [7, 11) is -3.29. The molecule has 5 nitrogen and oxygen atoms in total. The number of rotatable bonds is 11. The number of anilines is 1. The van der Waals surface area contributed by atoms with Crippen molar-refractivity contribution < 1.29 is 13.2 Å². The van der Waals surface area contributed by atoms with Crippen LogP contribution in [-0.4, -0.2) is 38.7 Å². The Hall–Kier alpha value is -1.79. The maximum absolute atomic E-state index is 12.1. The van der Waals surface area contributed by atoms with Crippen molar-refractivity contribution in [1.82, 2.24) is 4.90 Å². The summed E-state index contributed by atoms with van der Waals surface area (Å²) in [6, 6.07) is 7.21. The van der Waals surface area contributed by atoms with Crippen LogP contribution >= 0.6 is 0 Å². The second-order valence-corrected chi connectivity index (χ2v) is 9.93. The lowest BCUT2D eigenvalue weighted by Crippen LogP contribution is -2.23. The summed E-state index contributed by atoms with van der Waals surface area (Å²) < 4.78 is 33.1. The van der Waals surface area contributed by atoms with Crippen LogP contribution < -0.4 is 9.46 Å². The summed E-state index contributed by atoms with van der Waals surface area (Å²) in [5.41, 5.74) is 0.579. The highest BCUT2D eigenvalue weighted by atomic mass is 32.2. The van der Waals surface area contributed by atoms with Gasteiger partial charge >= 0.3 is 0 Å². The van der Waals surface area contributed by atoms with E-state index in [1.807, 2.05) is 12.1 Å². The minimum atomic E-state index is -3.29. The van der Waals surface area contributed by atoms with Crippen LogP contribution in [0.5, 0.6) is 5.75 Å². The molecule has 160 valence electrons. The van der Waals surface area contributed by atoms with Crippen molar-refractivity contribution in [2.75, 3.05) is 30.1 Å². The van der Waals surface area contributed by atoms with E-state index in [0.29, 0.717) is 23.9 Å². The largest absolute Gasteiger partial charge is 0.461 e. The molecule has 1 fully saturated rings. The van der Waals surface area contributed by atoms with Gasteiger partial charge in [-0.25, -0.2) is 8.42 Å². The second-order valence-electron chi connectivity index (χ2n) is 8.09. The molecule has 3 rings (SSSR count). The Kier molecular flexibility index (Phi) is 7.78. The first kappa shape index (κ1) is 21.9. The number of unbranched alkanes of at least 4 members (excludes halogenated alkanes) is 3. The van der Waals surface area contributed by atoms with Gasteiger partial charge < -0.3 is 9.64 Å². The van der Waals surface area contributed by atoms with Gasteiger partial charge in [0.1, 0.15) is 11.5 Å². The molecule has 0 saturated carbocycles. The Morgan fingerprint density at radius 1 is 1.07 bits per heavy atom. The van der Waals surface area contributed by atoms with Crippen LogP contribution in [0.25, 0.3) is 0 Å². The number of likely N-dealkylation sites (tertiary alicyclic amines) is 1. The molecule has 1 aliphatic heterocycles. The first-order valence-electron chi connectivity index (χ1n) is 10.9. The molecule has 0 spiro atoms. The van der Waals surface area contributed by atoms with E-state index in [1.165, 1.54) is 12.8 Å². The maximum atomic E-state index is 12.1. The zero-order valence-electron chi connectivity index (χ0n) is 17.6. The van der Waals surface area contributed by atoms with Gasteiger partial charge in [-0.15, -0.1) is 0 Å². The van der Waals surface area contributed by atoms with Gasteiger partial charge in [0.15, 0.2) is 0 Å². The van der Waals surface area contributed by atoms with Crippen molar-refractivity contribution in [2.24, 2.45) is 11.8 Å². The molecule has 1 aromatic carbocycles. The fourth-order valence-electron chi connectivity index (χ4n) is 4.00. The van der Waals surface area contributed by atoms with E-state index in [9.17, 15) is 8.42 Å². The Bertz CT molecular complexity index is 815. The van der Waals surface area contributed by atoms with E-state index in [-0.39, 0.29) is 5.75 Å². The van der Waals surface area contributed by atoms with Crippen LogP contribution in [0.2, 0.25) is 0 Å². The Labute approximate surface area is 175 Å². The highest BCUT2D eigenvalue weighted by molar-refractivity contribution is 7.92. The molecule has 2 atom stereocenters. The summed E-state index contributed by atoms with van der Waals surface area (Å²) in [6.07, 6.45) is 11.5. The molecule has 1 N–H and O–H groups in total. The van der Waals surface area contributed by atoms with Crippen molar-refractivity contribution >= 4 is 15.7 Å². The van der Waals surface area contributed by atoms with Gasteiger partial charge in [0.2, 0.25) is 10.0 Å². The van der Waals surface area contributed by atoms with Crippen LogP contribution in [-0.2, 0) is 10.0 Å². The van der Waals surface area contributed by atoms with Gasteiger partial charge in [0.05, 0.1) is 5.75 Å². The molecule has 2 unspecified atom stereocenters. The number of hydrogen-bond acceptors (Lipinski definition) is 4. The van der Waals surface area contributed by atoms with Gasteiger partial charge in [-0.1, -0.05) is 45.3 Å². The quantitative estimate of drug-likeness (QED) is 0.525. The van der Waals surface area contributed by atoms with Gasteiger partial charge in [-0.3, -0.25) is 4.72 Å². The third kappa shape index (κ3) is 6.34. The first-order valence-corrected chi connectivity index (χ1v) is 12.5. The first-order chi connectivity index (χ1) is 14.0. The van der Waals surface area contributed by atoms with Gasteiger partial charge in [-0.2, -0.15) is 0 Å². The molecule has 1 aromatic rings. The lowest BCUT2D eigenvalue weighted by Gasteiger charge is -2.22. The number of nitrogens with zero attached hydrogens (tertiary/aromatic N) is 1. The Balaban J connectivity index is 1.57. The lowest BCUT2D eigenvalue weighted by atomic mass is 9.90. The predicted octanol–water partition coefficient (Wildman–Crippen LogP) is 4.80. The molecular formula is C23H34N2O3S. The fraction of sp³-hybridized carbons (Fsp3) is 0.565. The molecule has 1 saturated heterocycles. The van der Waals surface area contributed by atoms with Crippen LogP contribution in [0, 0.1) is 11.8 Å². The van der Waals surface area contributed by atoms with Crippen molar-refractivity contribution in [3.63, 3.8) is 0 Å². The van der Waals surface area contributed by atoms with Crippen LogP contribution in [0.1, 0.15) is 46.0 Å². The second kappa shape index (κ2) is 10.3. The van der Waals surface area contributed by atoms with Crippen LogP contribution in [0.3, 0.4) is 0 Å². The van der Waals surface area contributed by atoms with Gasteiger partial charge in [0.25, 0.3) is 0 Å². The SMILES string of the molecule is CCCCCS(=O)(=O)Nc1ccc(OC2=CC=CC3CN(CCCC)CC23)cc1. The molecular weight excluding hydrogens is 384 g/mol. The molecule has 0 amide bonds. The van der Waals surface area contributed by atoms with Crippen molar-refractivity contribution in [2.45, 2.75) is 46.0 Å². The molecule has 0 aromatic heterocycles. The average molecular weight is 419 g/mol.